The first kappa shape index (κ1) is 21.5. The molecular weight excluding hydrogens is 373 g/mol. The lowest BCUT2D eigenvalue weighted by Crippen LogP contribution is -2.52. The Bertz CT molecular complexity index is 787. The van der Waals surface area contributed by atoms with Crippen LogP contribution in [0.4, 0.5) is 0 Å². The summed E-state index contributed by atoms with van der Waals surface area (Å²) in [4.78, 5) is 40.3. The van der Waals surface area contributed by atoms with Gasteiger partial charge < -0.3 is 19.9 Å². The standard InChI is InChI=1S/C20H28BN3O5/c1-14(25)18-5-3-4-15-10-16(21(28)29-20(15)18)11-17(26)12-24-9-8-23(7-6-22-2)13-19(24)27/h3-5,16,22,28H,6-13H2,1-2H3/t16-/m1/s1. The van der Waals surface area contributed by atoms with Crippen LogP contribution in [0.25, 0.3) is 0 Å². The molecule has 2 aliphatic heterocycles. The third kappa shape index (κ3) is 5.23. The van der Waals surface area contributed by atoms with Crippen molar-refractivity contribution in [2.75, 3.05) is 46.3 Å². The first-order valence-electron chi connectivity index (χ1n) is 10.0. The molecule has 0 saturated carbocycles. The molecule has 0 bridgehead atoms. The number of Topliss-reactive ketones (excluding diaryl/α,β-unsaturated/α-hetero) is 2. The average molecular weight is 401 g/mol. The number of ketones is 2. The van der Waals surface area contributed by atoms with Gasteiger partial charge in [0.15, 0.2) is 11.6 Å². The van der Waals surface area contributed by atoms with Gasteiger partial charge in [-0.25, -0.2) is 0 Å². The lowest BCUT2D eigenvalue weighted by Gasteiger charge is -2.34. The number of nitrogens with zero attached hydrogens (tertiary/aromatic N) is 2. The summed E-state index contributed by atoms with van der Waals surface area (Å²) in [6, 6.07) is 5.29. The molecule has 9 heteroatoms. The fourth-order valence-corrected chi connectivity index (χ4v) is 3.89. The normalized spacial score (nSPS) is 19.7. The summed E-state index contributed by atoms with van der Waals surface area (Å²) < 4.78 is 5.59. The number of para-hydroxylation sites is 1. The second-order valence-corrected chi connectivity index (χ2v) is 7.76. The van der Waals surface area contributed by atoms with Crippen molar-refractivity contribution < 1.29 is 24.1 Å². The highest BCUT2D eigenvalue weighted by atomic mass is 16.5. The predicted molar refractivity (Wildman–Crippen MR) is 109 cm³/mol. The van der Waals surface area contributed by atoms with E-state index in [1.165, 1.54) is 6.92 Å². The van der Waals surface area contributed by atoms with Gasteiger partial charge in [-0.15, -0.1) is 0 Å². The summed E-state index contributed by atoms with van der Waals surface area (Å²) in [5, 5.41) is 13.4. The first-order valence-corrected chi connectivity index (χ1v) is 10.0. The Morgan fingerprint density at radius 2 is 2.14 bits per heavy atom. The highest BCUT2D eigenvalue weighted by molar-refractivity contribution is 6.47. The van der Waals surface area contributed by atoms with E-state index >= 15 is 0 Å². The highest BCUT2D eigenvalue weighted by Crippen LogP contribution is 2.36. The topological polar surface area (TPSA) is 99.2 Å². The first-order chi connectivity index (χ1) is 13.9. The van der Waals surface area contributed by atoms with E-state index in [1.807, 2.05) is 13.1 Å². The molecule has 1 aromatic rings. The number of nitrogens with one attached hydrogen (secondary N) is 1. The van der Waals surface area contributed by atoms with Crippen molar-refractivity contribution in [1.29, 1.82) is 0 Å². The van der Waals surface area contributed by atoms with Crippen LogP contribution in [0.15, 0.2) is 18.2 Å². The van der Waals surface area contributed by atoms with Crippen molar-refractivity contribution in [1.82, 2.24) is 15.1 Å². The van der Waals surface area contributed by atoms with Crippen LogP contribution in [0.5, 0.6) is 5.75 Å². The minimum Gasteiger partial charge on any atom is -0.535 e. The Labute approximate surface area is 171 Å². The molecule has 0 radical (unpaired) electrons. The van der Waals surface area contributed by atoms with Crippen molar-refractivity contribution in [2.45, 2.75) is 25.6 Å². The van der Waals surface area contributed by atoms with Gasteiger partial charge in [-0.1, -0.05) is 12.1 Å². The Kier molecular flexibility index (Phi) is 7.05. The molecule has 29 heavy (non-hydrogen) atoms. The van der Waals surface area contributed by atoms with E-state index in [2.05, 4.69) is 10.2 Å². The number of fused-ring (bicyclic) bond motifs is 1. The number of benzene rings is 1. The lowest BCUT2D eigenvalue weighted by atomic mass is 9.64. The van der Waals surface area contributed by atoms with Crippen LogP contribution in [-0.4, -0.2) is 85.7 Å². The molecule has 0 aliphatic carbocycles. The lowest BCUT2D eigenvalue weighted by molar-refractivity contribution is -0.139. The van der Waals surface area contributed by atoms with Gasteiger partial charge in [0, 0.05) is 38.4 Å². The van der Waals surface area contributed by atoms with Crippen LogP contribution in [-0.2, 0) is 16.0 Å². The maximum atomic E-state index is 12.6. The largest absolute Gasteiger partial charge is 0.535 e. The summed E-state index contributed by atoms with van der Waals surface area (Å²) >= 11 is 0. The summed E-state index contributed by atoms with van der Waals surface area (Å²) in [5.74, 6) is -0.261. The fourth-order valence-electron chi connectivity index (χ4n) is 3.89. The summed E-state index contributed by atoms with van der Waals surface area (Å²) in [7, 11) is 0.723. The van der Waals surface area contributed by atoms with Crippen LogP contribution >= 0.6 is 0 Å². The minimum absolute atomic E-state index is 0.0439. The van der Waals surface area contributed by atoms with E-state index < -0.39 is 12.9 Å². The number of hydrogen-bond acceptors (Lipinski definition) is 7. The third-order valence-electron chi connectivity index (χ3n) is 5.53. The molecule has 1 fully saturated rings. The van der Waals surface area contributed by atoms with Crippen LogP contribution in [0.1, 0.15) is 29.3 Å². The van der Waals surface area contributed by atoms with Crippen molar-refractivity contribution in [3.05, 3.63) is 29.3 Å². The molecule has 2 aliphatic rings. The molecule has 1 aromatic carbocycles. The molecular formula is C20H28BN3O5. The van der Waals surface area contributed by atoms with Gasteiger partial charge in [-0.2, -0.15) is 0 Å². The van der Waals surface area contributed by atoms with Crippen molar-refractivity contribution in [3.63, 3.8) is 0 Å². The van der Waals surface area contributed by atoms with E-state index in [1.54, 1.807) is 17.0 Å². The Hall–Kier alpha value is -2.23. The monoisotopic (exact) mass is 401 g/mol. The average Bonchev–Trinajstić information content (AvgIpc) is 2.68. The Morgan fingerprint density at radius 1 is 1.34 bits per heavy atom. The third-order valence-corrected chi connectivity index (χ3v) is 5.53. The van der Waals surface area contributed by atoms with Gasteiger partial charge in [0.1, 0.15) is 5.75 Å². The summed E-state index contributed by atoms with van der Waals surface area (Å²) in [6.45, 7) is 4.74. The number of rotatable bonds is 8. The summed E-state index contributed by atoms with van der Waals surface area (Å²) in [6.07, 6.45) is 0.577. The van der Waals surface area contributed by atoms with Gasteiger partial charge in [0.2, 0.25) is 5.91 Å². The molecule has 156 valence electrons. The SMILES string of the molecule is CNCCN1CCN(CC(=O)C[C@H]2Cc3cccc(C(C)=O)c3OB2O)C(=O)C1. The van der Waals surface area contributed by atoms with Crippen LogP contribution in [0, 0.1) is 0 Å². The molecule has 2 N–H and O–H groups in total. The van der Waals surface area contributed by atoms with E-state index in [9.17, 15) is 19.4 Å². The summed E-state index contributed by atoms with van der Waals surface area (Å²) in [5.41, 5.74) is 1.25. The van der Waals surface area contributed by atoms with Gasteiger partial charge >= 0.3 is 7.12 Å². The smallest absolute Gasteiger partial charge is 0.526 e. The number of carbonyl (C=O) groups is 3. The molecule has 3 rings (SSSR count). The molecule has 0 spiro atoms. The van der Waals surface area contributed by atoms with Crippen LogP contribution < -0.4 is 9.97 Å². The van der Waals surface area contributed by atoms with Crippen LogP contribution in [0.2, 0.25) is 5.82 Å². The number of likely N-dealkylation sites (N-methyl/N-ethyl adjacent to an activating group) is 1. The molecule has 0 unspecified atom stereocenters. The second kappa shape index (κ2) is 9.52. The fraction of sp³-hybridized carbons (Fsp3) is 0.550. The van der Waals surface area contributed by atoms with Gasteiger partial charge in [0.25, 0.3) is 0 Å². The molecule has 8 nitrogen and oxygen atoms in total. The molecule has 0 aromatic heterocycles. The zero-order chi connectivity index (χ0) is 21.0. The molecule has 1 saturated heterocycles. The molecule has 1 atom stereocenters. The Morgan fingerprint density at radius 3 is 2.83 bits per heavy atom. The maximum absolute atomic E-state index is 12.6. The molecule has 1 amide bonds. The van der Waals surface area contributed by atoms with Gasteiger partial charge in [-0.3, -0.25) is 19.3 Å². The van der Waals surface area contributed by atoms with E-state index in [0.717, 1.165) is 25.2 Å². The van der Waals surface area contributed by atoms with Crippen LogP contribution in [0.3, 0.4) is 0 Å². The van der Waals surface area contributed by atoms with Gasteiger partial charge in [-0.05, 0) is 32.0 Å². The highest BCUT2D eigenvalue weighted by Gasteiger charge is 2.38. The minimum atomic E-state index is -1.15. The maximum Gasteiger partial charge on any atom is 0.526 e. The van der Waals surface area contributed by atoms with Crippen molar-refractivity contribution >= 4 is 24.6 Å². The Balaban J connectivity index is 1.56. The zero-order valence-electron chi connectivity index (χ0n) is 17.0. The quantitative estimate of drug-likeness (QED) is 0.467. The molecule has 2 heterocycles. The number of amides is 1. The zero-order valence-corrected chi connectivity index (χ0v) is 17.0. The van der Waals surface area contributed by atoms with Crippen molar-refractivity contribution in [3.8, 4) is 5.75 Å². The number of piperazine rings is 1. The van der Waals surface area contributed by atoms with E-state index in [-0.39, 0.29) is 30.4 Å². The number of hydrogen-bond donors (Lipinski definition) is 2. The van der Waals surface area contributed by atoms with Gasteiger partial charge in [0.05, 0.1) is 18.7 Å². The van der Waals surface area contributed by atoms with Crippen molar-refractivity contribution in [2.24, 2.45) is 0 Å². The van der Waals surface area contributed by atoms with E-state index in [4.69, 9.17) is 4.65 Å². The predicted octanol–water partition coefficient (Wildman–Crippen LogP) is -0.00240. The second-order valence-electron chi connectivity index (χ2n) is 7.76. The number of carbonyl (C=O) groups excluding carboxylic acids is 3. The van der Waals surface area contributed by atoms with E-state index in [0.29, 0.717) is 30.8 Å².